The van der Waals surface area contributed by atoms with Crippen LogP contribution in [0.4, 0.5) is 20.2 Å². The molecule has 2 aliphatic rings. The fourth-order valence-corrected chi connectivity index (χ4v) is 5.29. The van der Waals surface area contributed by atoms with Crippen LogP contribution in [-0.4, -0.2) is 46.2 Å². The first kappa shape index (κ1) is 23.8. The number of nitrogens with zero attached hydrogens (tertiary/aromatic N) is 2. The summed E-state index contributed by atoms with van der Waals surface area (Å²) in [5, 5.41) is 7.87. The predicted molar refractivity (Wildman–Crippen MR) is 138 cm³/mol. The highest BCUT2D eigenvalue weighted by Gasteiger charge is 2.27. The molecule has 33 heavy (non-hydrogen) atoms. The van der Waals surface area contributed by atoms with Gasteiger partial charge in [0.15, 0.2) is 10.2 Å². The quantitative estimate of drug-likeness (QED) is 0.523. The van der Waals surface area contributed by atoms with Gasteiger partial charge in [0.2, 0.25) is 0 Å². The van der Waals surface area contributed by atoms with Crippen molar-refractivity contribution < 1.29 is 8.78 Å². The highest BCUT2D eigenvalue weighted by molar-refractivity contribution is 7.80. The number of anilines is 2. The molecule has 0 amide bonds. The minimum atomic E-state index is -0.246. The third-order valence-electron chi connectivity index (χ3n) is 6.66. The lowest BCUT2D eigenvalue weighted by atomic mass is 9.83. The minimum absolute atomic E-state index is 0.246. The zero-order valence-corrected chi connectivity index (χ0v) is 20.2. The summed E-state index contributed by atoms with van der Waals surface area (Å²) in [6.07, 6.45) is 5.86. The van der Waals surface area contributed by atoms with Gasteiger partial charge in [-0.05, 0) is 117 Å². The first-order valence-electron chi connectivity index (χ1n) is 11.6. The molecule has 0 aromatic heterocycles. The van der Waals surface area contributed by atoms with Gasteiger partial charge in [-0.1, -0.05) is 0 Å². The molecule has 0 radical (unpaired) electrons. The average Bonchev–Trinajstić information content (AvgIpc) is 2.83. The Hall–Kier alpha value is -2.32. The maximum absolute atomic E-state index is 13.1. The molecule has 4 nitrogen and oxygen atoms in total. The van der Waals surface area contributed by atoms with Gasteiger partial charge in [-0.15, -0.1) is 0 Å². The Bertz CT molecular complexity index is 858. The smallest absolute Gasteiger partial charge is 0.173 e. The third kappa shape index (κ3) is 6.84. The summed E-state index contributed by atoms with van der Waals surface area (Å²) in [6.45, 7) is 3.84. The minimum Gasteiger partial charge on any atom is -0.349 e. The van der Waals surface area contributed by atoms with Gasteiger partial charge in [-0.3, -0.25) is 0 Å². The molecule has 2 aromatic rings. The summed E-state index contributed by atoms with van der Waals surface area (Å²) in [4.78, 5) is 4.44. The van der Waals surface area contributed by atoms with Gasteiger partial charge >= 0.3 is 0 Å². The molecule has 0 aliphatic carbocycles. The largest absolute Gasteiger partial charge is 0.349 e. The molecule has 2 fully saturated rings. The van der Waals surface area contributed by atoms with E-state index in [-0.39, 0.29) is 11.6 Å². The van der Waals surface area contributed by atoms with Crippen molar-refractivity contribution in [3.05, 3.63) is 60.2 Å². The zero-order valence-electron chi connectivity index (χ0n) is 18.6. The van der Waals surface area contributed by atoms with Crippen molar-refractivity contribution >= 4 is 46.0 Å². The van der Waals surface area contributed by atoms with Crippen LogP contribution >= 0.6 is 24.4 Å². The molecule has 4 rings (SSSR count). The molecular weight excluding hydrogens is 458 g/mol. The number of likely N-dealkylation sites (tertiary alicyclic amines) is 2. The molecule has 2 aliphatic heterocycles. The molecule has 2 saturated heterocycles. The van der Waals surface area contributed by atoms with Crippen molar-refractivity contribution in [2.45, 2.75) is 32.1 Å². The van der Waals surface area contributed by atoms with E-state index < -0.39 is 0 Å². The van der Waals surface area contributed by atoms with Crippen molar-refractivity contribution in [3.63, 3.8) is 0 Å². The summed E-state index contributed by atoms with van der Waals surface area (Å²) in [6, 6.07) is 12.6. The lowest BCUT2D eigenvalue weighted by molar-refractivity contribution is 0.190. The summed E-state index contributed by atoms with van der Waals surface area (Å²) >= 11 is 11.1. The summed E-state index contributed by atoms with van der Waals surface area (Å²) < 4.78 is 26.2. The molecule has 0 spiro atoms. The lowest BCUT2D eigenvalue weighted by Crippen LogP contribution is -2.43. The van der Waals surface area contributed by atoms with Crippen LogP contribution in [0.5, 0.6) is 0 Å². The number of halogens is 2. The second-order valence-corrected chi connectivity index (χ2v) is 9.74. The number of hydrogen-bond donors (Lipinski definition) is 2. The molecule has 2 heterocycles. The van der Waals surface area contributed by atoms with Crippen LogP contribution in [0.3, 0.4) is 0 Å². The molecule has 0 saturated carbocycles. The molecule has 0 bridgehead atoms. The van der Waals surface area contributed by atoms with Crippen LogP contribution in [0.2, 0.25) is 0 Å². The van der Waals surface area contributed by atoms with E-state index in [2.05, 4.69) is 20.4 Å². The summed E-state index contributed by atoms with van der Waals surface area (Å²) in [5.74, 6) is 0.972. The Balaban J connectivity index is 1.15. The van der Waals surface area contributed by atoms with E-state index in [1.54, 1.807) is 24.3 Å². The van der Waals surface area contributed by atoms with Crippen molar-refractivity contribution in [2.75, 3.05) is 36.8 Å². The zero-order chi connectivity index (χ0) is 23.2. The van der Waals surface area contributed by atoms with Gasteiger partial charge < -0.3 is 20.4 Å². The van der Waals surface area contributed by atoms with Crippen LogP contribution < -0.4 is 10.6 Å². The van der Waals surface area contributed by atoms with Gasteiger partial charge in [0.25, 0.3) is 0 Å². The predicted octanol–water partition coefficient (Wildman–Crippen LogP) is 5.87. The van der Waals surface area contributed by atoms with E-state index in [0.717, 1.165) is 85.3 Å². The topological polar surface area (TPSA) is 30.5 Å². The summed E-state index contributed by atoms with van der Waals surface area (Å²) in [7, 11) is 0. The van der Waals surface area contributed by atoms with Crippen molar-refractivity contribution in [1.29, 1.82) is 0 Å². The molecule has 2 N–H and O–H groups in total. The number of nitrogens with one attached hydrogen (secondary N) is 2. The van der Waals surface area contributed by atoms with Crippen LogP contribution in [0, 0.1) is 23.5 Å². The number of thiocarbonyl (C=S) groups is 2. The van der Waals surface area contributed by atoms with Gasteiger partial charge in [-0.2, -0.15) is 0 Å². The van der Waals surface area contributed by atoms with Crippen LogP contribution in [-0.2, 0) is 0 Å². The van der Waals surface area contributed by atoms with Gasteiger partial charge in [0, 0.05) is 37.6 Å². The number of benzene rings is 2. The molecule has 8 heteroatoms. The number of rotatable bonds is 4. The van der Waals surface area contributed by atoms with E-state index in [1.807, 2.05) is 0 Å². The number of piperidine rings is 2. The monoisotopic (exact) mass is 488 g/mol. The van der Waals surface area contributed by atoms with E-state index in [4.69, 9.17) is 24.4 Å². The van der Waals surface area contributed by atoms with E-state index in [1.165, 1.54) is 30.7 Å². The molecule has 0 atom stereocenters. The fourth-order valence-electron chi connectivity index (χ4n) is 4.69. The highest BCUT2D eigenvalue weighted by Crippen LogP contribution is 2.30. The normalized spacial score (nSPS) is 17.6. The first-order valence-corrected chi connectivity index (χ1v) is 12.4. The molecule has 0 unspecified atom stereocenters. The van der Waals surface area contributed by atoms with Gasteiger partial charge in [-0.25, -0.2) is 8.78 Å². The Morgan fingerprint density at radius 3 is 1.33 bits per heavy atom. The SMILES string of the molecule is Fc1ccc(NC(=S)N2CCC(CC3CCN(C(=S)Nc4ccc(F)cc4)CC3)CC2)cc1. The Morgan fingerprint density at radius 1 is 0.667 bits per heavy atom. The maximum atomic E-state index is 13.1. The molecule has 2 aromatic carbocycles. The second-order valence-electron chi connectivity index (χ2n) is 8.97. The number of hydrogen-bond acceptors (Lipinski definition) is 2. The van der Waals surface area contributed by atoms with Crippen LogP contribution in [0.25, 0.3) is 0 Å². The third-order valence-corrected chi connectivity index (χ3v) is 7.38. The van der Waals surface area contributed by atoms with Crippen molar-refractivity contribution in [1.82, 2.24) is 9.80 Å². The van der Waals surface area contributed by atoms with Gasteiger partial charge in [0.1, 0.15) is 11.6 Å². The van der Waals surface area contributed by atoms with Crippen LogP contribution in [0.15, 0.2) is 48.5 Å². The van der Waals surface area contributed by atoms with E-state index in [0.29, 0.717) is 0 Å². The lowest BCUT2D eigenvalue weighted by Gasteiger charge is -2.38. The molecule has 176 valence electrons. The maximum Gasteiger partial charge on any atom is 0.173 e. The molecular formula is C25H30F2N4S2. The van der Waals surface area contributed by atoms with E-state index >= 15 is 0 Å². The Labute approximate surface area is 205 Å². The van der Waals surface area contributed by atoms with Crippen LogP contribution in [0.1, 0.15) is 32.1 Å². The standard InChI is InChI=1S/C25H30F2N4S2/c26-20-1-5-22(6-2-20)28-24(32)30-13-9-18(10-14-30)17-19-11-15-31(16-12-19)25(33)29-23-7-3-21(27)4-8-23/h1-8,18-19H,9-17H2,(H,28,32)(H,29,33). The van der Waals surface area contributed by atoms with E-state index in [9.17, 15) is 8.78 Å². The Kier molecular flexibility index (Phi) is 8.09. The first-order chi connectivity index (χ1) is 16.0. The van der Waals surface area contributed by atoms with Crippen molar-refractivity contribution in [3.8, 4) is 0 Å². The van der Waals surface area contributed by atoms with Crippen molar-refractivity contribution in [2.24, 2.45) is 11.8 Å². The Morgan fingerprint density at radius 2 is 1.00 bits per heavy atom. The average molecular weight is 489 g/mol. The van der Waals surface area contributed by atoms with Gasteiger partial charge in [0.05, 0.1) is 0 Å². The second kappa shape index (κ2) is 11.2. The summed E-state index contributed by atoms with van der Waals surface area (Å²) in [5.41, 5.74) is 1.64. The highest BCUT2D eigenvalue weighted by atomic mass is 32.1. The fraction of sp³-hybridized carbons (Fsp3) is 0.440.